The molecule has 0 bridgehead atoms. The minimum Gasteiger partial charge on any atom is -0.382 e. The summed E-state index contributed by atoms with van der Waals surface area (Å²) >= 11 is 1.21. The van der Waals surface area contributed by atoms with Crippen LogP contribution in [0.15, 0.2) is 0 Å². The van der Waals surface area contributed by atoms with Crippen LogP contribution in [0, 0.1) is 0 Å². The van der Waals surface area contributed by atoms with Crippen LogP contribution in [0.5, 0.6) is 0 Å². The van der Waals surface area contributed by atoms with E-state index < -0.39 is 11.9 Å². The number of hydrogen-bond donors (Lipinski definition) is 3. The van der Waals surface area contributed by atoms with Crippen molar-refractivity contribution < 1.29 is 9.59 Å². The van der Waals surface area contributed by atoms with E-state index in [1.165, 1.54) is 16.2 Å². The molecule has 0 aromatic carbocycles. The Hall–Kier alpha value is -1.83. The van der Waals surface area contributed by atoms with Crippen molar-refractivity contribution in [3.63, 3.8) is 0 Å². The molecular weight excluding hydrogens is 278 g/mol. The molecule has 8 heteroatoms. The van der Waals surface area contributed by atoms with E-state index in [0.29, 0.717) is 23.0 Å². The van der Waals surface area contributed by atoms with E-state index in [2.05, 4.69) is 10.3 Å². The van der Waals surface area contributed by atoms with Gasteiger partial charge in [0.2, 0.25) is 5.91 Å². The van der Waals surface area contributed by atoms with Gasteiger partial charge in [0, 0.05) is 12.6 Å². The third-order valence-corrected chi connectivity index (χ3v) is 4.09. The number of anilines is 2. The van der Waals surface area contributed by atoms with Gasteiger partial charge in [-0.1, -0.05) is 11.3 Å². The van der Waals surface area contributed by atoms with E-state index in [1.54, 1.807) is 0 Å². The molecule has 1 fully saturated rings. The van der Waals surface area contributed by atoms with Crippen LogP contribution in [0.25, 0.3) is 0 Å². The average molecular weight is 297 g/mol. The minimum absolute atomic E-state index is 0.193. The summed E-state index contributed by atoms with van der Waals surface area (Å²) in [5.41, 5.74) is 11.1. The zero-order valence-corrected chi connectivity index (χ0v) is 12.4. The lowest BCUT2D eigenvalue weighted by Gasteiger charge is -2.21. The van der Waals surface area contributed by atoms with Gasteiger partial charge in [-0.25, -0.2) is 4.98 Å². The summed E-state index contributed by atoms with van der Waals surface area (Å²) in [6.07, 6.45) is 1.38. The lowest BCUT2D eigenvalue weighted by molar-refractivity contribution is -0.121. The molecule has 2 rings (SSSR count). The Morgan fingerprint density at radius 1 is 1.50 bits per heavy atom. The number of primary amides is 1. The van der Waals surface area contributed by atoms with E-state index in [-0.39, 0.29) is 17.8 Å². The van der Waals surface area contributed by atoms with Crippen molar-refractivity contribution in [3.8, 4) is 0 Å². The summed E-state index contributed by atoms with van der Waals surface area (Å²) in [4.78, 5) is 29.8. The molecule has 2 heterocycles. The average Bonchev–Trinajstić information content (AvgIpc) is 2.94. The Balaban J connectivity index is 2.20. The van der Waals surface area contributed by atoms with E-state index in [9.17, 15) is 9.59 Å². The van der Waals surface area contributed by atoms with E-state index in [4.69, 9.17) is 11.5 Å². The van der Waals surface area contributed by atoms with Crippen LogP contribution in [0.2, 0.25) is 0 Å². The fraction of sp³-hybridized carbons (Fsp3) is 0.583. The quantitative estimate of drug-likeness (QED) is 0.754. The third-order valence-electron chi connectivity index (χ3n) is 3.10. The maximum atomic E-state index is 12.5. The van der Waals surface area contributed by atoms with E-state index in [0.717, 1.165) is 6.42 Å². The first kappa shape index (κ1) is 14.6. The zero-order valence-electron chi connectivity index (χ0n) is 11.5. The zero-order chi connectivity index (χ0) is 14.9. The van der Waals surface area contributed by atoms with Crippen LogP contribution in [-0.2, 0) is 4.79 Å². The summed E-state index contributed by atoms with van der Waals surface area (Å²) in [6, 6.07) is -0.334. The number of nitrogens with zero attached hydrogens (tertiary/aromatic N) is 2. The first-order chi connectivity index (χ1) is 9.40. The monoisotopic (exact) mass is 297 g/mol. The van der Waals surface area contributed by atoms with Crippen molar-refractivity contribution in [3.05, 3.63) is 4.88 Å². The van der Waals surface area contributed by atoms with Crippen LogP contribution in [0.1, 0.15) is 36.4 Å². The lowest BCUT2D eigenvalue weighted by Crippen LogP contribution is -2.43. The number of hydrogen-bond acceptors (Lipinski definition) is 6. The Bertz CT molecular complexity index is 528. The molecular formula is C12H19N5O2S. The van der Waals surface area contributed by atoms with Crippen LogP contribution in [-0.4, -0.2) is 40.3 Å². The number of nitrogen functional groups attached to an aromatic ring is 1. The molecule has 7 nitrogen and oxygen atoms in total. The second kappa shape index (κ2) is 5.66. The smallest absolute Gasteiger partial charge is 0.268 e. The van der Waals surface area contributed by atoms with Crippen molar-refractivity contribution >= 4 is 34.1 Å². The third kappa shape index (κ3) is 2.84. The van der Waals surface area contributed by atoms with Crippen molar-refractivity contribution in [1.29, 1.82) is 0 Å². The number of thiazole rings is 1. The molecule has 0 saturated carbocycles. The Labute approximate surface area is 121 Å². The van der Waals surface area contributed by atoms with Crippen LogP contribution in [0.4, 0.5) is 10.9 Å². The summed E-state index contributed by atoms with van der Waals surface area (Å²) in [7, 11) is 0. The van der Waals surface area contributed by atoms with Gasteiger partial charge in [-0.2, -0.15) is 0 Å². The van der Waals surface area contributed by atoms with Gasteiger partial charge < -0.3 is 21.7 Å². The summed E-state index contributed by atoms with van der Waals surface area (Å²) in [6.45, 7) is 4.47. The molecule has 0 spiro atoms. The Morgan fingerprint density at radius 2 is 2.20 bits per heavy atom. The number of carbonyl (C=O) groups excluding carboxylic acids is 2. The summed E-state index contributed by atoms with van der Waals surface area (Å²) in [5, 5.41) is 3.72. The molecule has 1 saturated heterocycles. The predicted molar refractivity (Wildman–Crippen MR) is 78.5 cm³/mol. The van der Waals surface area contributed by atoms with Gasteiger partial charge in [0.25, 0.3) is 5.91 Å². The summed E-state index contributed by atoms with van der Waals surface area (Å²) in [5.74, 6) is -0.546. The predicted octanol–water partition coefficient (Wildman–Crippen LogP) is 0.635. The number of rotatable bonds is 4. The van der Waals surface area contributed by atoms with Crippen LogP contribution >= 0.6 is 11.3 Å². The maximum absolute atomic E-state index is 12.5. The number of nitrogens with one attached hydrogen (secondary N) is 1. The molecule has 1 aromatic heterocycles. The first-order valence-corrected chi connectivity index (χ1v) is 7.35. The highest BCUT2D eigenvalue weighted by molar-refractivity contribution is 7.18. The number of nitrogens with two attached hydrogens (primary N) is 2. The molecule has 2 amide bonds. The molecule has 110 valence electrons. The first-order valence-electron chi connectivity index (χ1n) is 6.53. The maximum Gasteiger partial charge on any atom is 0.268 e. The molecule has 1 aliphatic rings. The van der Waals surface area contributed by atoms with E-state index in [1.807, 2.05) is 13.8 Å². The highest BCUT2D eigenvalue weighted by Gasteiger charge is 2.35. The van der Waals surface area contributed by atoms with Crippen molar-refractivity contribution in [2.75, 3.05) is 17.6 Å². The topological polar surface area (TPSA) is 114 Å². The highest BCUT2D eigenvalue weighted by Crippen LogP contribution is 2.29. The second-order valence-corrected chi connectivity index (χ2v) is 6.09. The molecule has 1 aliphatic heterocycles. The number of carbonyl (C=O) groups is 2. The highest BCUT2D eigenvalue weighted by atomic mass is 32.1. The van der Waals surface area contributed by atoms with Gasteiger partial charge >= 0.3 is 0 Å². The molecule has 1 atom stereocenters. The molecule has 0 aliphatic carbocycles. The van der Waals surface area contributed by atoms with Crippen LogP contribution < -0.4 is 16.8 Å². The standard InChI is InChI=1S/C12H19N5O2S/c1-6(2)15-12-16-9(13)8(20-12)11(19)17-5-3-4-7(17)10(14)18/h6-7H,3-5,13H2,1-2H3,(H2,14,18)(H,15,16). The van der Waals surface area contributed by atoms with E-state index >= 15 is 0 Å². The Morgan fingerprint density at radius 3 is 2.80 bits per heavy atom. The van der Waals surface area contributed by atoms with Crippen molar-refractivity contribution in [2.24, 2.45) is 5.73 Å². The van der Waals surface area contributed by atoms with Gasteiger partial charge in [-0.15, -0.1) is 0 Å². The van der Waals surface area contributed by atoms with Gasteiger partial charge in [0.15, 0.2) is 5.13 Å². The largest absolute Gasteiger partial charge is 0.382 e. The van der Waals surface area contributed by atoms with Gasteiger partial charge in [0.1, 0.15) is 16.7 Å². The number of aromatic nitrogens is 1. The summed E-state index contributed by atoms with van der Waals surface area (Å²) < 4.78 is 0. The second-order valence-electron chi connectivity index (χ2n) is 5.09. The molecule has 1 unspecified atom stereocenters. The lowest BCUT2D eigenvalue weighted by atomic mass is 10.2. The SMILES string of the molecule is CC(C)Nc1nc(N)c(C(=O)N2CCCC2C(N)=O)s1. The fourth-order valence-electron chi connectivity index (χ4n) is 2.23. The van der Waals surface area contributed by atoms with Crippen molar-refractivity contribution in [1.82, 2.24) is 9.88 Å². The molecule has 1 aromatic rings. The molecule has 0 radical (unpaired) electrons. The molecule has 5 N–H and O–H groups in total. The number of amides is 2. The van der Waals surface area contributed by atoms with Gasteiger partial charge in [-0.3, -0.25) is 9.59 Å². The van der Waals surface area contributed by atoms with Crippen molar-refractivity contribution in [2.45, 2.75) is 38.8 Å². The minimum atomic E-state index is -0.537. The Kier molecular flexibility index (Phi) is 4.12. The van der Waals surface area contributed by atoms with Crippen LogP contribution in [0.3, 0.4) is 0 Å². The van der Waals surface area contributed by atoms with Gasteiger partial charge in [0.05, 0.1) is 0 Å². The molecule has 20 heavy (non-hydrogen) atoms. The fourth-order valence-corrected chi connectivity index (χ4v) is 3.22. The normalized spacial score (nSPS) is 18.6. The van der Waals surface area contributed by atoms with Gasteiger partial charge in [-0.05, 0) is 26.7 Å². The number of likely N-dealkylation sites (tertiary alicyclic amines) is 1.